The third-order valence-electron chi connectivity index (χ3n) is 5.54. The number of amides is 1. The minimum absolute atomic E-state index is 0.0652. The molecular weight excluding hydrogens is 348 g/mol. The Labute approximate surface area is 166 Å². The molecule has 1 aliphatic heterocycles. The van der Waals surface area contributed by atoms with Crippen molar-refractivity contribution >= 4 is 5.91 Å². The van der Waals surface area contributed by atoms with Crippen LogP contribution in [-0.4, -0.2) is 25.0 Å². The van der Waals surface area contributed by atoms with E-state index in [0.717, 1.165) is 30.8 Å². The summed E-state index contributed by atoms with van der Waals surface area (Å²) in [6, 6.07) is 24.3. The smallest absolute Gasteiger partial charge is 0.228 e. The van der Waals surface area contributed by atoms with Crippen LogP contribution in [-0.2, 0) is 11.2 Å². The molecule has 0 radical (unpaired) electrons. The zero-order valence-corrected chi connectivity index (χ0v) is 15.9. The Morgan fingerprint density at radius 2 is 1.79 bits per heavy atom. The van der Waals surface area contributed by atoms with E-state index in [4.69, 9.17) is 4.42 Å². The van der Waals surface area contributed by atoms with Crippen molar-refractivity contribution < 1.29 is 9.21 Å². The lowest BCUT2D eigenvalue weighted by atomic mass is 9.86. The molecule has 28 heavy (non-hydrogen) atoms. The second-order valence-electron chi connectivity index (χ2n) is 7.37. The molecule has 0 bridgehead atoms. The van der Waals surface area contributed by atoms with Crippen LogP contribution in [0.5, 0.6) is 0 Å². The van der Waals surface area contributed by atoms with Gasteiger partial charge in [-0.3, -0.25) is 4.79 Å². The maximum Gasteiger partial charge on any atom is 0.228 e. The first-order valence-corrected chi connectivity index (χ1v) is 9.94. The standard InChI is InChI=1S/C24H26N2O2/c27-24(21(16-20-12-7-15-28-20)18-8-3-1-4-9-18)26-23-13-14-25-17-22(23)19-10-5-2-6-11-19/h1-12,15,21-23,25H,13-14,16-17H2,(H,26,27). The summed E-state index contributed by atoms with van der Waals surface area (Å²) in [5, 5.41) is 6.83. The van der Waals surface area contributed by atoms with E-state index in [2.05, 4.69) is 34.9 Å². The lowest BCUT2D eigenvalue weighted by Gasteiger charge is -2.34. The van der Waals surface area contributed by atoms with Gasteiger partial charge in [0.25, 0.3) is 0 Å². The van der Waals surface area contributed by atoms with E-state index >= 15 is 0 Å². The van der Waals surface area contributed by atoms with E-state index in [0.29, 0.717) is 6.42 Å². The van der Waals surface area contributed by atoms with E-state index in [9.17, 15) is 4.79 Å². The molecule has 4 nitrogen and oxygen atoms in total. The van der Waals surface area contributed by atoms with Crippen molar-refractivity contribution in [3.63, 3.8) is 0 Å². The zero-order valence-electron chi connectivity index (χ0n) is 15.9. The van der Waals surface area contributed by atoms with E-state index in [1.165, 1.54) is 5.56 Å². The van der Waals surface area contributed by atoms with Crippen molar-refractivity contribution in [1.82, 2.24) is 10.6 Å². The van der Waals surface area contributed by atoms with Gasteiger partial charge in [-0.2, -0.15) is 0 Å². The molecule has 1 saturated heterocycles. The molecule has 0 aliphatic carbocycles. The zero-order chi connectivity index (χ0) is 19.2. The molecule has 2 aromatic carbocycles. The highest BCUT2D eigenvalue weighted by molar-refractivity contribution is 5.84. The molecule has 2 N–H and O–H groups in total. The average molecular weight is 374 g/mol. The molecule has 3 unspecified atom stereocenters. The minimum atomic E-state index is -0.265. The monoisotopic (exact) mass is 374 g/mol. The lowest BCUT2D eigenvalue weighted by Crippen LogP contribution is -2.49. The van der Waals surface area contributed by atoms with Gasteiger partial charge in [-0.05, 0) is 36.2 Å². The molecule has 3 aromatic rings. The summed E-state index contributed by atoms with van der Waals surface area (Å²) >= 11 is 0. The molecule has 4 rings (SSSR count). The van der Waals surface area contributed by atoms with Crippen molar-refractivity contribution in [3.05, 3.63) is 95.9 Å². The Kier molecular flexibility index (Phi) is 5.88. The summed E-state index contributed by atoms with van der Waals surface area (Å²) in [5.74, 6) is 0.905. The van der Waals surface area contributed by atoms with Crippen LogP contribution < -0.4 is 10.6 Å². The predicted octanol–water partition coefficient (Wildman–Crippen LogP) is 3.87. The molecule has 0 saturated carbocycles. The Morgan fingerprint density at radius 3 is 2.50 bits per heavy atom. The van der Waals surface area contributed by atoms with Crippen LogP contribution in [0, 0.1) is 0 Å². The number of rotatable bonds is 6. The van der Waals surface area contributed by atoms with Gasteiger partial charge in [0.1, 0.15) is 5.76 Å². The van der Waals surface area contributed by atoms with Crippen LogP contribution in [0.1, 0.15) is 35.1 Å². The number of furan rings is 1. The number of benzene rings is 2. The van der Waals surface area contributed by atoms with Gasteiger partial charge in [0.15, 0.2) is 0 Å². The molecule has 3 atom stereocenters. The van der Waals surface area contributed by atoms with Crippen molar-refractivity contribution in [1.29, 1.82) is 0 Å². The van der Waals surface area contributed by atoms with Crippen molar-refractivity contribution in [2.45, 2.75) is 30.7 Å². The fourth-order valence-electron chi connectivity index (χ4n) is 4.04. The van der Waals surface area contributed by atoms with Gasteiger partial charge in [0, 0.05) is 24.9 Å². The number of piperidine rings is 1. The fraction of sp³-hybridized carbons (Fsp3) is 0.292. The molecule has 4 heteroatoms. The molecule has 1 aliphatic rings. The van der Waals surface area contributed by atoms with Crippen molar-refractivity contribution in [2.75, 3.05) is 13.1 Å². The summed E-state index contributed by atoms with van der Waals surface area (Å²) in [5.41, 5.74) is 2.28. The third kappa shape index (κ3) is 4.34. The van der Waals surface area contributed by atoms with Gasteiger partial charge in [-0.15, -0.1) is 0 Å². The highest BCUT2D eigenvalue weighted by atomic mass is 16.3. The quantitative estimate of drug-likeness (QED) is 0.689. The maximum atomic E-state index is 13.3. The highest BCUT2D eigenvalue weighted by Crippen LogP contribution is 2.26. The molecule has 1 aromatic heterocycles. The first kappa shape index (κ1) is 18.5. The van der Waals surface area contributed by atoms with Crippen molar-refractivity contribution in [2.24, 2.45) is 0 Å². The van der Waals surface area contributed by atoms with Crippen LogP contribution in [0.4, 0.5) is 0 Å². The molecule has 2 heterocycles. The average Bonchev–Trinajstić information content (AvgIpc) is 3.27. The Bertz CT molecular complexity index is 862. The summed E-state index contributed by atoms with van der Waals surface area (Å²) in [7, 11) is 0. The minimum Gasteiger partial charge on any atom is -0.469 e. The van der Waals surface area contributed by atoms with Crippen molar-refractivity contribution in [3.8, 4) is 0 Å². The largest absolute Gasteiger partial charge is 0.469 e. The number of hydrogen-bond donors (Lipinski definition) is 2. The molecular formula is C24H26N2O2. The lowest BCUT2D eigenvalue weighted by molar-refractivity contribution is -0.123. The molecule has 1 fully saturated rings. The summed E-state index contributed by atoms with van der Waals surface area (Å²) in [4.78, 5) is 13.3. The van der Waals surface area contributed by atoms with E-state index < -0.39 is 0 Å². The van der Waals surface area contributed by atoms with E-state index in [-0.39, 0.29) is 23.8 Å². The van der Waals surface area contributed by atoms with Crippen LogP contribution in [0.3, 0.4) is 0 Å². The summed E-state index contributed by atoms with van der Waals surface area (Å²) in [6.45, 7) is 1.80. The van der Waals surface area contributed by atoms with E-state index in [1.54, 1.807) is 6.26 Å². The van der Waals surface area contributed by atoms with Crippen LogP contribution in [0.25, 0.3) is 0 Å². The number of hydrogen-bond acceptors (Lipinski definition) is 3. The van der Waals surface area contributed by atoms with Gasteiger partial charge in [0.2, 0.25) is 5.91 Å². The van der Waals surface area contributed by atoms with Crippen LogP contribution in [0.2, 0.25) is 0 Å². The predicted molar refractivity (Wildman–Crippen MR) is 110 cm³/mol. The second-order valence-corrected chi connectivity index (χ2v) is 7.37. The van der Waals surface area contributed by atoms with Crippen LogP contribution >= 0.6 is 0 Å². The topological polar surface area (TPSA) is 54.3 Å². The van der Waals surface area contributed by atoms with Gasteiger partial charge < -0.3 is 15.1 Å². The molecule has 144 valence electrons. The Morgan fingerprint density at radius 1 is 1.04 bits per heavy atom. The van der Waals surface area contributed by atoms with Crippen LogP contribution in [0.15, 0.2) is 83.5 Å². The van der Waals surface area contributed by atoms with Gasteiger partial charge >= 0.3 is 0 Å². The summed E-state index contributed by atoms with van der Waals surface area (Å²) in [6.07, 6.45) is 3.14. The van der Waals surface area contributed by atoms with E-state index in [1.807, 2.05) is 48.5 Å². The SMILES string of the molecule is O=C(NC1CCNCC1c1ccccc1)C(Cc1ccco1)c1ccccc1. The number of carbonyl (C=O) groups excluding carboxylic acids is 1. The normalized spacial score (nSPS) is 20.4. The number of carbonyl (C=O) groups is 1. The first-order chi connectivity index (χ1) is 13.8. The van der Waals surface area contributed by atoms with Gasteiger partial charge in [-0.1, -0.05) is 60.7 Å². The first-order valence-electron chi connectivity index (χ1n) is 9.94. The Balaban J connectivity index is 1.54. The molecule has 0 spiro atoms. The fourth-order valence-corrected chi connectivity index (χ4v) is 4.04. The van der Waals surface area contributed by atoms with Gasteiger partial charge in [-0.25, -0.2) is 0 Å². The third-order valence-corrected chi connectivity index (χ3v) is 5.54. The molecule has 1 amide bonds. The second kappa shape index (κ2) is 8.89. The Hall–Kier alpha value is -2.85. The highest BCUT2D eigenvalue weighted by Gasteiger charge is 2.30. The maximum absolute atomic E-state index is 13.3. The number of nitrogens with one attached hydrogen (secondary N) is 2. The summed E-state index contributed by atoms with van der Waals surface area (Å²) < 4.78 is 5.53. The van der Waals surface area contributed by atoms with Gasteiger partial charge in [0.05, 0.1) is 12.2 Å².